The zero-order valence-corrected chi connectivity index (χ0v) is 16.8. The second kappa shape index (κ2) is 12.0. The molecule has 0 aromatic heterocycles. The molecule has 0 spiro atoms. The van der Waals surface area contributed by atoms with Gasteiger partial charge in [0.05, 0.1) is 5.92 Å². The van der Waals surface area contributed by atoms with Crippen LogP contribution in [0.2, 0.25) is 0 Å². The molecule has 2 fully saturated rings. The van der Waals surface area contributed by atoms with Crippen LogP contribution >= 0.6 is 0 Å². The third-order valence-corrected chi connectivity index (χ3v) is 5.01. The van der Waals surface area contributed by atoms with E-state index in [-0.39, 0.29) is 12.8 Å². The van der Waals surface area contributed by atoms with E-state index in [9.17, 15) is 13.6 Å². The molecule has 0 radical (unpaired) electrons. The Labute approximate surface area is 162 Å². The van der Waals surface area contributed by atoms with Gasteiger partial charge in [0.1, 0.15) is 0 Å². The van der Waals surface area contributed by atoms with E-state index >= 15 is 0 Å². The lowest BCUT2D eigenvalue weighted by Crippen LogP contribution is -2.35. The van der Waals surface area contributed by atoms with Crippen LogP contribution < -0.4 is 5.32 Å². The van der Waals surface area contributed by atoms with Crippen LogP contribution in [0.3, 0.4) is 0 Å². The fraction of sp³-hybridized carbons (Fsp3) is 0.667. The number of rotatable bonds is 2. The number of hydrogen-bond donors (Lipinski definition) is 2. The van der Waals surface area contributed by atoms with E-state index in [1.165, 1.54) is 25.9 Å². The van der Waals surface area contributed by atoms with Gasteiger partial charge in [0.15, 0.2) is 0 Å². The molecule has 2 N–H and O–H groups in total. The first kappa shape index (κ1) is 23.5. The molecule has 27 heavy (non-hydrogen) atoms. The van der Waals surface area contributed by atoms with Crippen LogP contribution in [-0.4, -0.2) is 55.1 Å². The standard InChI is InChI=1S/C9H10O2.C7H15N.C5H9F2N/c1-7(9(10)11)8-5-3-2-4-6-8;1-7-3-5-8(2)6-4-7;6-5(7)1-3-8-4-2-5/h2-7H,1H3,(H,10,11);7H,3-6H2,1-2H3;8H,1-4H2. The molecule has 1 aromatic carbocycles. The van der Waals surface area contributed by atoms with Gasteiger partial charge in [-0.15, -0.1) is 0 Å². The van der Waals surface area contributed by atoms with Crippen molar-refractivity contribution in [1.82, 2.24) is 10.2 Å². The summed E-state index contributed by atoms with van der Waals surface area (Å²) >= 11 is 0. The van der Waals surface area contributed by atoms with Crippen molar-refractivity contribution >= 4 is 5.97 Å². The summed E-state index contributed by atoms with van der Waals surface area (Å²) in [6.45, 7) is 7.56. The fourth-order valence-electron chi connectivity index (χ4n) is 2.81. The molecule has 1 aromatic rings. The second-order valence-corrected chi connectivity index (χ2v) is 7.56. The number of benzene rings is 1. The molecule has 0 aliphatic carbocycles. The molecule has 0 saturated carbocycles. The number of nitrogens with zero attached hydrogens (tertiary/aromatic N) is 1. The molecule has 4 nitrogen and oxygen atoms in total. The normalized spacial score (nSPS) is 21.1. The Hall–Kier alpha value is -1.53. The number of carbonyl (C=O) groups is 1. The van der Waals surface area contributed by atoms with Gasteiger partial charge in [0.25, 0.3) is 5.92 Å². The van der Waals surface area contributed by atoms with Gasteiger partial charge in [-0.05, 0) is 51.4 Å². The minimum Gasteiger partial charge on any atom is -0.481 e. The number of carboxylic acids is 1. The lowest BCUT2D eigenvalue weighted by atomic mass is 10.00. The van der Waals surface area contributed by atoms with Crippen LogP contribution in [0.25, 0.3) is 0 Å². The SMILES string of the molecule is CC(C(=O)O)c1ccccc1.CC1CCN(C)CC1.FC1(F)CCNCC1. The first-order valence-electron chi connectivity index (χ1n) is 9.76. The van der Waals surface area contributed by atoms with E-state index in [0.29, 0.717) is 13.1 Å². The maximum atomic E-state index is 12.2. The zero-order valence-electron chi connectivity index (χ0n) is 16.8. The van der Waals surface area contributed by atoms with E-state index in [2.05, 4.69) is 24.2 Å². The maximum Gasteiger partial charge on any atom is 0.310 e. The van der Waals surface area contributed by atoms with Crippen molar-refractivity contribution in [2.24, 2.45) is 5.92 Å². The van der Waals surface area contributed by atoms with Crippen molar-refractivity contribution in [2.75, 3.05) is 33.2 Å². The Morgan fingerprint density at radius 1 is 1.19 bits per heavy atom. The lowest BCUT2D eigenvalue weighted by Gasteiger charge is -2.26. The molecule has 2 saturated heterocycles. The van der Waals surface area contributed by atoms with Crippen LogP contribution in [0, 0.1) is 5.92 Å². The number of carboxylic acid groups (broad SMARTS) is 1. The third-order valence-electron chi connectivity index (χ3n) is 5.01. The van der Waals surface area contributed by atoms with Crippen molar-refractivity contribution in [1.29, 1.82) is 0 Å². The van der Waals surface area contributed by atoms with Gasteiger partial charge in [0, 0.05) is 25.9 Å². The van der Waals surface area contributed by atoms with Crippen molar-refractivity contribution in [2.45, 2.75) is 51.4 Å². The van der Waals surface area contributed by atoms with E-state index in [1.54, 1.807) is 6.92 Å². The first-order chi connectivity index (χ1) is 12.7. The van der Waals surface area contributed by atoms with Crippen LogP contribution in [0.5, 0.6) is 0 Å². The average molecular weight is 385 g/mol. The summed E-state index contributed by atoms with van der Waals surface area (Å²) in [5.41, 5.74) is 0.847. The molecule has 1 atom stereocenters. The molecule has 2 aliphatic heterocycles. The minimum absolute atomic E-state index is 0.00694. The highest BCUT2D eigenvalue weighted by Gasteiger charge is 2.30. The highest BCUT2D eigenvalue weighted by atomic mass is 19.3. The number of hydrogen-bond acceptors (Lipinski definition) is 3. The number of alkyl halides is 2. The molecule has 0 bridgehead atoms. The number of aliphatic carboxylic acids is 1. The highest BCUT2D eigenvalue weighted by Crippen LogP contribution is 2.23. The summed E-state index contributed by atoms with van der Waals surface area (Å²) in [5.74, 6) is -2.59. The first-order valence-corrected chi connectivity index (χ1v) is 9.76. The van der Waals surface area contributed by atoms with Gasteiger partial charge >= 0.3 is 5.97 Å². The molecule has 0 amide bonds. The molecular formula is C21H34F2N2O2. The van der Waals surface area contributed by atoms with Gasteiger partial charge < -0.3 is 15.3 Å². The van der Waals surface area contributed by atoms with Crippen LogP contribution in [0.4, 0.5) is 8.78 Å². The molecular weight excluding hydrogens is 350 g/mol. The smallest absolute Gasteiger partial charge is 0.310 e. The van der Waals surface area contributed by atoms with Crippen molar-refractivity contribution in [3.63, 3.8) is 0 Å². The van der Waals surface area contributed by atoms with E-state index in [4.69, 9.17) is 5.11 Å². The fourth-order valence-corrected chi connectivity index (χ4v) is 2.81. The molecule has 3 rings (SSSR count). The molecule has 6 heteroatoms. The van der Waals surface area contributed by atoms with Gasteiger partial charge in [-0.25, -0.2) is 8.78 Å². The van der Waals surface area contributed by atoms with Crippen molar-refractivity contribution < 1.29 is 18.7 Å². The third kappa shape index (κ3) is 10.4. The summed E-state index contributed by atoms with van der Waals surface area (Å²) in [4.78, 5) is 12.9. The van der Waals surface area contributed by atoms with E-state index in [1.807, 2.05) is 30.3 Å². The van der Waals surface area contributed by atoms with Gasteiger partial charge in [-0.2, -0.15) is 0 Å². The Morgan fingerprint density at radius 2 is 1.70 bits per heavy atom. The van der Waals surface area contributed by atoms with Crippen molar-refractivity contribution in [3.05, 3.63) is 35.9 Å². The summed E-state index contributed by atoms with van der Waals surface area (Å²) in [7, 11) is 2.20. The second-order valence-electron chi connectivity index (χ2n) is 7.56. The van der Waals surface area contributed by atoms with Crippen LogP contribution in [-0.2, 0) is 4.79 Å². The molecule has 2 heterocycles. The van der Waals surface area contributed by atoms with Gasteiger partial charge in [0.2, 0.25) is 0 Å². The average Bonchev–Trinajstić information content (AvgIpc) is 2.65. The van der Waals surface area contributed by atoms with Gasteiger partial charge in [-0.3, -0.25) is 4.79 Å². The largest absolute Gasteiger partial charge is 0.481 e. The maximum absolute atomic E-state index is 12.2. The van der Waals surface area contributed by atoms with Crippen LogP contribution in [0.1, 0.15) is 51.0 Å². The summed E-state index contributed by atoms with van der Waals surface area (Å²) in [6, 6.07) is 9.19. The lowest BCUT2D eigenvalue weighted by molar-refractivity contribution is -0.138. The monoisotopic (exact) mass is 384 g/mol. The molecule has 1 unspecified atom stereocenters. The highest BCUT2D eigenvalue weighted by molar-refractivity contribution is 5.75. The summed E-state index contributed by atoms with van der Waals surface area (Å²) in [5, 5.41) is 11.5. The quantitative estimate of drug-likeness (QED) is 0.801. The molecule has 2 aliphatic rings. The van der Waals surface area contributed by atoms with Crippen molar-refractivity contribution in [3.8, 4) is 0 Å². The number of piperidine rings is 2. The number of likely N-dealkylation sites (tertiary alicyclic amines) is 1. The summed E-state index contributed by atoms with van der Waals surface area (Å²) in [6.07, 6.45) is 2.81. The van der Waals surface area contributed by atoms with E-state index < -0.39 is 17.8 Å². The Balaban J connectivity index is 0.000000206. The molecule has 154 valence electrons. The Bertz CT molecular complexity index is 514. The Morgan fingerprint density at radius 3 is 2.07 bits per heavy atom. The number of nitrogens with one attached hydrogen (secondary N) is 1. The minimum atomic E-state index is -2.38. The predicted molar refractivity (Wildman–Crippen MR) is 105 cm³/mol. The Kier molecular flexibility index (Phi) is 10.5. The topological polar surface area (TPSA) is 52.6 Å². The zero-order chi connectivity index (χ0) is 20.3. The van der Waals surface area contributed by atoms with Gasteiger partial charge in [-0.1, -0.05) is 37.3 Å². The number of halogens is 2. The summed E-state index contributed by atoms with van der Waals surface area (Å²) < 4.78 is 24.3. The predicted octanol–water partition coefficient (Wildman–Crippen LogP) is 4.23. The van der Waals surface area contributed by atoms with E-state index in [0.717, 1.165) is 11.5 Å². The van der Waals surface area contributed by atoms with Crippen LogP contribution in [0.15, 0.2) is 30.3 Å².